The van der Waals surface area contributed by atoms with Crippen LogP contribution in [0.25, 0.3) is 0 Å². The number of rotatable bonds is 7. The van der Waals surface area contributed by atoms with Crippen molar-refractivity contribution in [3.05, 3.63) is 64.2 Å². The fraction of sp³-hybridized carbons (Fsp3) is 0.429. The molecule has 1 saturated heterocycles. The van der Waals surface area contributed by atoms with Crippen LogP contribution in [0, 0.1) is 0 Å². The third-order valence-corrected chi connectivity index (χ3v) is 4.72. The van der Waals surface area contributed by atoms with Crippen LogP contribution in [0.3, 0.4) is 0 Å². The maximum atomic E-state index is 12.2. The number of ether oxygens (including phenoxy) is 1. The average molecular weight is 370 g/mol. The van der Waals surface area contributed by atoms with Gasteiger partial charge in [0.2, 0.25) is 11.2 Å². The Hall–Kier alpha value is -2.60. The number of hydrogen-bond donors (Lipinski definition) is 0. The van der Waals surface area contributed by atoms with Gasteiger partial charge in [-0.1, -0.05) is 36.8 Å². The van der Waals surface area contributed by atoms with Crippen molar-refractivity contribution in [2.24, 2.45) is 0 Å². The maximum Gasteiger partial charge on any atom is 0.260 e. The molecule has 1 aliphatic heterocycles. The summed E-state index contributed by atoms with van der Waals surface area (Å²) in [5.41, 5.74) is 0.779. The molecule has 0 N–H and O–H groups in total. The van der Waals surface area contributed by atoms with Crippen LogP contribution in [0.1, 0.15) is 30.6 Å². The molecule has 1 fully saturated rings. The third-order valence-electron chi connectivity index (χ3n) is 4.72. The van der Waals surface area contributed by atoms with Crippen LogP contribution in [-0.2, 0) is 17.9 Å². The lowest BCUT2D eigenvalue weighted by Gasteiger charge is -2.25. The van der Waals surface area contributed by atoms with Crippen LogP contribution >= 0.6 is 0 Å². The molecule has 0 radical (unpaired) electrons. The van der Waals surface area contributed by atoms with E-state index >= 15 is 0 Å². The van der Waals surface area contributed by atoms with Crippen LogP contribution in [0.4, 0.5) is 0 Å². The van der Waals surface area contributed by atoms with Crippen molar-refractivity contribution in [3.63, 3.8) is 0 Å². The highest BCUT2D eigenvalue weighted by Crippen LogP contribution is 2.14. The molecule has 1 aromatic carbocycles. The van der Waals surface area contributed by atoms with Gasteiger partial charge in [0.25, 0.3) is 5.91 Å². The first-order valence-electron chi connectivity index (χ1n) is 9.36. The van der Waals surface area contributed by atoms with Crippen molar-refractivity contribution in [3.8, 4) is 5.75 Å². The highest BCUT2D eigenvalue weighted by Gasteiger charge is 2.15. The van der Waals surface area contributed by atoms with E-state index in [0.29, 0.717) is 18.8 Å². The summed E-state index contributed by atoms with van der Waals surface area (Å²) >= 11 is 0. The predicted octanol–water partition coefficient (Wildman–Crippen LogP) is 2.66. The van der Waals surface area contributed by atoms with Gasteiger partial charge in [-0.2, -0.15) is 0 Å². The van der Waals surface area contributed by atoms with Gasteiger partial charge in [0.1, 0.15) is 12.0 Å². The number of amides is 1. The van der Waals surface area contributed by atoms with Gasteiger partial charge in [0.15, 0.2) is 6.61 Å². The lowest BCUT2D eigenvalue weighted by Crippen LogP contribution is -2.31. The van der Waals surface area contributed by atoms with Gasteiger partial charge in [-0.25, -0.2) is 0 Å². The number of likely N-dealkylation sites (tertiary alicyclic amines) is 1. The Morgan fingerprint density at radius 1 is 1.19 bits per heavy atom. The van der Waals surface area contributed by atoms with Gasteiger partial charge < -0.3 is 14.1 Å². The Labute approximate surface area is 159 Å². The van der Waals surface area contributed by atoms with Crippen LogP contribution in [0.5, 0.6) is 5.75 Å². The van der Waals surface area contributed by atoms with E-state index in [1.807, 2.05) is 30.3 Å². The summed E-state index contributed by atoms with van der Waals surface area (Å²) in [4.78, 5) is 28.3. The molecule has 0 bridgehead atoms. The molecule has 144 valence electrons. The minimum absolute atomic E-state index is 0.0684. The molecular weight excluding hydrogens is 344 g/mol. The number of nitrogens with zero attached hydrogens (tertiary/aromatic N) is 2. The van der Waals surface area contributed by atoms with Crippen molar-refractivity contribution in [1.82, 2.24) is 9.80 Å². The molecule has 1 amide bonds. The Morgan fingerprint density at radius 3 is 2.63 bits per heavy atom. The van der Waals surface area contributed by atoms with Crippen LogP contribution in [0.2, 0.25) is 0 Å². The first-order valence-corrected chi connectivity index (χ1v) is 9.36. The predicted molar refractivity (Wildman–Crippen MR) is 103 cm³/mol. The van der Waals surface area contributed by atoms with E-state index in [0.717, 1.165) is 18.7 Å². The van der Waals surface area contributed by atoms with Crippen LogP contribution in [0.15, 0.2) is 51.9 Å². The number of hydrogen-bond acceptors (Lipinski definition) is 5. The molecular formula is C21H26N2O4. The largest absolute Gasteiger partial charge is 0.477 e. The van der Waals surface area contributed by atoms with E-state index in [2.05, 4.69) is 4.90 Å². The van der Waals surface area contributed by atoms with Crippen molar-refractivity contribution in [2.75, 3.05) is 26.7 Å². The van der Waals surface area contributed by atoms with Crippen molar-refractivity contribution in [1.29, 1.82) is 0 Å². The Kier molecular flexibility index (Phi) is 6.65. The SMILES string of the molecule is CN(Cc1ccccc1)C(=O)COc1coc(CN2CCCCC2)cc1=O. The van der Waals surface area contributed by atoms with E-state index in [9.17, 15) is 9.59 Å². The van der Waals surface area contributed by atoms with Gasteiger partial charge in [-0.15, -0.1) is 0 Å². The van der Waals surface area contributed by atoms with Gasteiger partial charge in [-0.05, 0) is 31.5 Å². The Morgan fingerprint density at radius 2 is 1.93 bits per heavy atom. The zero-order valence-corrected chi connectivity index (χ0v) is 15.7. The summed E-state index contributed by atoms with van der Waals surface area (Å²) in [5.74, 6) is 0.497. The summed E-state index contributed by atoms with van der Waals surface area (Å²) in [6, 6.07) is 11.2. The molecule has 6 heteroatoms. The summed E-state index contributed by atoms with van der Waals surface area (Å²) in [7, 11) is 1.71. The molecule has 0 saturated carbocycles. The number of carbonyl (C=O) groups excluding carboxylic acids is 1. The van der Waals surface area contributed by atoms with E-state index < -0.39 is 0 Å². The summed E-state index contributed by atoms with van der Waals surface area (Å²) in [6.07, 6.45) is 4.94. The van der Waals surface area contributed by atoms with Crippen molar-refractivity contribution >= 4 is 5.91 Å². The smallest absolute Gasteiger partial charge is 0.260 e. The number of likely N-dealkylation sites (N-methyl/N-ethyl adjacent to an activating group) is 1. The highest BCUT2D eigenvalue weighted by atomic mass is 16.5. The van der Waals surface area contributed by atoms with Crippen molar-refractivity contribution < 1.29 is 13.9 Å². The second kappa shape index (κ2) is 9.37. The normalized spacial score (nSPS) is 14.7. The molecule has 6 nitrogen and oxygen atoms in total. The molecule has 3 rings (SSSR count). The minimum Gasteiger partial charge on any atom is -0.477 e. The molecule has 0 aliphatic carbocycles. The lowest BCUT2D eigenvalue weighted by atomic mass is 10.1. The van der Waals surface area contributed by atoms with E-state index in [-0.39, 0.29) is 23.7 Å². The van der Waals surface area contributed by atoms with E-state index in [4.69, 9.17) is 9.15 Å². The van der Waals surface area contributed by atoms with E-state index in [1.165, 1.54) is 31.6 Å². The number of piperidine rings is 1. The average Bonchev–Trinajstić information content (AvgIpc) is 2.68. The molecule has 0 atom stereocenters. The van der Waals surface area contributed by atoms with Crippen molar-refractivity contribution in [2.45, 2.75) is 32.4 Å². The maximum absolute atomic E-state index is 12.2. The first-order chi connectivity index (χ1) is 13.1. The second-order valence-corrected chi connectivity index (χ2v) is 6.94. The minimum atomic E-state index is -0.258. The molecule has 2 aromatic rings. The molecule has 27 heavy (non-hydrogen) atoms. The number of carbonyl (C=O) groups is 1. The highest BCUT2D eigenvalue weighted by molar-refractivity contribution is 5.77. The van der Waals surface area contributed by atoms with Crippen LogP contribution < -0.4 is 10.2 Å². The Bertz CT molecular complexity index is 797. The quantitative estimate of drug-likeness (QED) is 0.750. The molecule has 0 unspecified atom stereocenters. The zero-order chi connectivity index (χ0) is 19.1. The van der Waals surface area contributed by atoms with Gasteiger partial charge in [-0.3, -0.25) is 14.5 Å². The zero-order valence-electron chi connectivity index (χ0n) is 15.7. The third kappa shape index (κ3) is 5.69. The van der Waals surface area contributed by atoms with E-state index in [1.54, 1.807) is 11.9 Å². The van der Waals surface area contributed by atoms with Gasteiger partial charge in [0.05, 0.1) is 6.54 Å². The fourth-order valence-corrected chi connectivity index (χ4v) is 3.16. The van der Waals surface area contributed by atoms with Gasteiger partial charge in [0, 0.05) is 19.7 Å². The topological polar surface area (TPSA) is 63.0 Å². The monoisotopic (exact) mass is 370 g/mol. The Balaban J connectivity index is 1.51. The van der Waals surface area contributed by atoms with Gasteiger partial charge >= 0.3 is 0 Å². The first kappa shape index (κ1) is 19.2. The van der Waals surface area contributed by atoms with Crippen LogP contribution in [-0.4, -0.2) is 42.5 Å². The summed E-state index contributed by atoms with van der Waals surface area (Å²) in [6.45, 7) is 2.99. The lowest BCUT2D eigenvalue weighted by molar-refractivity contribution is -0.132. The molecule has 1 aromatic heterocycles. The second-order valence-electron chi connectivity index (χ2n) is 6.94. The summed E-state index contributed by atoms with van der Waals surface area (Å²) in [5, 5.41) is 0. The summed E-state index contributed by atoms with van der Waals surface area (Å²) < 4.78 is 10.9. The molecule has 1 aliphatic rings. The number of benzene rings is 1. The molecule has 0 spiro atoms. The molecule has 2 heterocycles. The fourth-order valence-electron chi connectivity index (χ4n) is 3.16. The standard InChI is InChI=1S/C21H26N2O4/c1-22(13-17-8-4-2-5-9-17)21(25)16-27-20-15-26-18(12-19(20)24)14-23-10-6-3-7-11-23/h2,4-5,8-9,12,15H,3,6-7,10-11,13-14,16H2,1H3.